The van der Waals surface area contributed by atoms with E-state index in [0.29, 0.717) is 18.5 Å². The average molecular weight is 492 g/mol. The number of imide groups is 1. The van der Waals surface area contributed by atoms with Crippen molar-refractivity contribution in [2.24, 2.45) is 5.92 Å². The number of rotatable bonds is 5. The number of fused-ring (bicyclic) bond motifs is 1. The van der Waals surface area contributed by atoms with Crippen LogP contribution >= 0.6 is 0 Å². The summed E-state index contributed by atoms with van der Waals surface area (Å²) in [6.07, 6.45) is 1.65. The Morgan fingerprint density at radius 2 is 1.48 bits per heavy atom. The normalized spacial score (nSPS) is 17.5. The van der Waals surface area contributed by atoms with Crippen molar-refractivity contribution in [2.45, 2.75) is 22.6 Å². The van der Waals surface area contributed by atoms with Crippen molar-refractivity contribution in [2.75, 3.05) is 24.7 Å². The molecule has 10 nitrogen and oxygen atoms in total. The van der Waals surface area contributed by atoms with Crippen LogP contribution in [0.25, 0.3) is 0 Å². The summed E-state index contributed by atoms with van der Waals surface area (Å²) in [5, 5.41) is 4.91. The molecule has 2 N–H and O–H groups in total. The standard InChI is InChI=1S/C21H21N3O7S2/c1-32(28,29)15-3-5-16(6-4-15)33(30,31)24-10-8-13(9-11-24)19(25)22-14-2-7-17-18(12-14)21(27)23-20(17)26/h2-7,12-13H,8-11H2,1H3,(H,22,25)(H,23,26,27). The van der Waals surface area contributed by atoms with Crippen LogP contribution in [0.3, 0.4) is 0 Å². The van der Waals surface area contributed by atoms with Gasteiger partial charge in [-0.25, -0.2) is 16.8 Å². The molecule has 1 saturated heterocycles. The van der Waals surface area contributed by atoms with Crippen molar-refractivity contribution < 1.29 is 31.2 Å². The number of sulfone groups is 1. The fourth-order valence-corrected chi connectivity index (χ4v) is 5.96. The molecule has 0 bridgehead atoms. The maximum absolute atomic E-state index is 12.9. The molecule has 3 amide bonds. The molecule has 2 aliphatic rings. The summed E-state index contributed by atoms with van der Waals surface area (Å²) < 4.78 is 50.2. The Hall–Kier alpha value is -3.09. The molecule has 2 heterocycles. The molecule has 0 unspecified atom stereocenters. The molecule has 2 aliphatic heterocycles. The molecule has 0 aromatic heterocycles. The van der Waals surface area contributed by atoms with E-state index in [0.717, 1.165) is 6.26 Å². The Balaban J connectivity index is 1.39. The van der Waals surface area contributed by atoms with E-state index in [2.05, 4.69) is 10.6 Å². The van der Waals surface area contributed by atoms with Crippen LogP contribution in [0, 0.1) is 5.92 Å². The molecule has 33 heavy (non-hydrogen) atoms. The number of hydrogen-bond acceptors (Lipinski definition) is 7. The Morgan fingerprint density at radius 3 is 2.09 bits per heavy atom. The number of benzene rings is 2. The Labute approximate surface area is 190 Å². The maximum atomic E-state index is 12.9. The van der Waals surface area contributed by atoms with E-state index in [1.54, 1.807) is 0 Å². The van der Waals surface area contributed by atoms with Crippen LogP contribution in [-0.4, -0.2) is 58.2 Å². The molecular weight excluding hydrogens is 470 g/mol. The zero-order valence-corrected chi connectivity index (χ0v) is 19.2. The first kappa shape index (κ1) is 23.1. The number of carbonyl (C=O) groups is 3. The Morgan fingerprint density at radius 1 is 0.909 bits per heavy atom. The molecule has 174 valence electrons. The first-order chi connectivity index (χ1) is 15.5. The van der Waals surface area contributed by atoms with Gasteiger partial charge in [0.15, 0.2) is 9.84 Å². The number of amides is 3. The lowest BCUT2D eigenvalue weighted by Crippen LogP contribution is -2.41. The minimum absolute atomic E-state index is 0.0104. The number of sulfonamides is 1. The number of anilines is 1. The van der Waals surface area contributed by atoms with Crippen molar-refractivity contribution in [3.63, 3.8) is 0 Å². The van der Waals surface area contributed by atoms with Gasteiger partial charge in [-0.3, -0.25) is 19.7 Å². The third kappa shape index (κ3) is 4.54. The predicted octanol–water partition coefficient (Wildman–Crippen LogP) is 1.01. The molecule has 2 aromatic carbocycles. The highest BCUT2D eigenvalue weighted by Crippen LogP contribution is 2.26. The largest absolute Gasteiger partial charge is 0.326 e. The second kappa shape index (κ2) is 8.36. The minimum atomic E-state index is -3.82. The molecule has 1 fully saturated rings. The minimum Gasteiger partial charge on any atom is -0.326 e. The SMILES string of the molecule is CS(=O)(=O)c1ccc(S(=O)(=O)N2CCC(C(=O)Nc3ccc4c(c3)C(=O)NC4=O)CC2)cc1. The van der Waals surface area contributed by atoms with E-state index in [-0.39, 0.29) is 39.9 Å². The van der Waals surface area contributed by atoms with Gasteiger partial charge in [-0.15, -0.1) is 0 Å². The number of hydrogen-bond donors (Lipinski definition) is 2. The Kier molecular flexibility index (Phi) is 5.85. The van der Waals surface area contributed by atoms with E-state index in [4.69, 9.17) is 0 Å². The van der Waals surface area contributed by atoms with Gasteiger partial charge in [0.1, 0.15) is 0 Å². The van der Waals surface area contributed by atoms with E-state index in [1.165, 1.54) is 46.8 Å². The van der Waals surface area contributed by atoms with Gasteiger partial charge in [-0.05, 0) is 55.3 Å². The average Bonchev–Trinajstić information content (AvgIpc) is 3.06. The van der Waals surface area contributed by atoms with Gasteiger partial charge in [-0.1, -0.05) is 0 Å². The number of carbonyl (C=O) groups excluding carboxylic acids is 3. The molecule has 0 aliphatic carbocycles. The van der Waals surface area contributed by atoms with Crippen molar-refractivity contribution >= 4 is 43.3 Å². The second-order valence-electron chi connectivity index (χ2n) is 7.95. The van der Waals surface area contributed by atoms with Gasteiger partial charge in [0.25, 0.3) is 11.8 Å². The molecule has 0 spiro atoms. The van der Waals surface area contributed by atoms with E-state index in [1.807, 2.05) is 0 Å². The maximum Gasteiger partial charge on any atom is 0.259 e. The molecule has 0 saturated carbocycles. The van der Waals surface area contributed by atoms with E-state index >= 15 is 0 Å². The third-order valence-corrected chi connectivity index (χ3v) is 8.76. The predicted molar refractivity (Wildman–Crippen MR) is 118 cm³/mol. The molecule has 0 atom stereocenters. The summed E-state index contributed by atoms with van der Waals surface area (Å²) in [6.45, 7) is 0.269. The highest BCUT2D eigenvalue weighted by molar-refractivity contribution is 7.90. The van der Waals surface area contributed by atoms with Crippen LogP contribution in [0.1, 0.15) is 33.6 Å². The first-order valence-electron chi connectivity index (χ1n) is 10.1. The van der Waals surface area contributed by atoms with Gasteiger partial charge in [-0.2, -0.15) is 4.31 Å². The summed E-state index contributed by atoms with van der Waals surface area (Å²) in [6, 6.07) is 9.48. The van der Waals surface area contributed by atoms with Gasteiger partial charge in [0.2, 0.25) is 15.9 Å². The van der Waals surface area contributed by atoms with Crippen LogP contribution in [-0.2, 0) is 24.7 Å². The lowest BCUT2D eigenvalue weighted by atomic mass is 9.97. The molecule has 4 rings (SSSR count). The lowest BCUT2D eigenvalue weighted by Gasteiger charge is -2.30. The van der Waals surface area contributed by atoms with E-state index < -0.39 is 37.6 Å². The van der Waals surface area contributed by atoms with Gasteiger partial charge < -0.3 is 5.32 Å². The highest BCUT2D eigenvalue weighted by atomic mass is 32.2. The van der Waals surface area contributed by atoms with Crippen molar-refractivity contribution in [1.82, 2.24) is 9.62 Å². The van der Waals surface area contributed by atoms with Gasteiger partial charge >= 0.3 is 0 Å². The monoisotopic (exact) mass is 491 g/mol. The summed E-state index contributed by atoms with van der Waals surface area (Å²) in [4.78, 5) is 36.1. The number of piperidine rings is 1. The number of nitrogens with zero attached hydrogens (tertiary/aromatic N) is 1. The molecular formula is C21H21N3O7S2. The van der Waals surface area contributed by atoms with Crippen molar-refractivity contribution in [3.05, 3.63) is 53.6 Å². The Bertz CT molecular complexity index is 1360. The van der Waals surface area contributed by atoms with E-state index in [9.17, 15) is 31.2 Å². The fourth-order valence-electron chi connectivity index (χ4n) is 3.86. The molecule has 2 aromatic rings. The summed E-state index contributed by atoms with van der Waals surface area (Å²) in [5.74, 6) is -1.72. The molecule has 0 radical (unpaired) electrons. The quantitative estimate of drug-likeness (QED) is 0.594. The summed E-state index contributed by atoms with van der Waals surface area (Å²) in [5.41, 5.74) is 0.825. The van der Waals surface area contributed by atoms with Crippen LogP contribution in [0.5, 0.6) is 0 Å². The summed E-state index contributed by atoms with van der Waals surface area (Å²) >= 11 is 0. The topological polar surface area (TPSA) is 147 Å². The van der Waals surface area contributed by atoms with Crippen LogP contribution < -0.4 is 10.6 Å². The lowest BCUT2D eigenvalue weighted by molar-refractivity contribution is -0.120. The van der Waals surface area contributed by atoms with Crippen LogP contribution in [0.2, 0.25) is 0 Å². The van der Waals surface area contributed by atoms with Crippen LogP contribution in [0.15, 0.2) is 52.3 Å². The van der Waals surface area contributed by atoms with Crippen molar-refractivity contribution in [3.8, 4) is 0 Å². The molecule has 12 heteroatoms. The first-order valence-corrected chi connectivity index (χ1v) is 13.4. The number of nitrogens with one attached hydrogen (secondary N) is 2. The highest BCUT2D eigenvalue weighted by Gasteiger charge is 2.33. The second-order valence-corrected chi connectivity index (χ2v) is 11.9. The van der Waals surface area contributed by atoms with Crippen LogP contribution in [0.4, 0.5) is 5.69 Å². The van der Waals surface area contributed by atoms with Gasteiger partial charge in [0, 0.05) is 31.0 Å². The third-order valence-electron chi connectivity index (χ3n) is 5.72. The van der Waals surface area contributed by atoms with Gasteiger partial charge in [0.05, 0.1) is 20.9 Å². The summed E-state index contributed by atoms with van der Waals surface area (Å²) in [7, 11) is -7.25. The zero-order chi connectivity index (χ0) is 24.0. The zero-order valence-electron chi connectivity index (χ0n) is 17.6. The van der Waals surface area contributed by atoms with Crippen molar-refractivity contribution in [1.29, 1.82) is 0 Å². The smallest absolute Gasteiger partial charge is 0.259 e. The fraction of sp³-hybridized carbons (Fsp3) is 0.286.